The van der Waals surface area contributed by atoms with Gasteiger partial charge in [-0.05, 0) is 32.0 Å². The second-order valence-electron chi connectivity index (χ2n) is 4.86. The summed E-state index contributed by atoms with van der Waals surface area (Å²) in [5, 5.41) is 10.2. The average molecular weight is 234 g/mol. The Morgan fingerprint density at radius 3 is 2.41 bits per heavy atom. The Hall–Kier alpha value is -1.06. The Kier molecular flexibility index (Phi) is 4.40. The van der Waals surface area contributed by atoms with E-state index < -0.39 is 6.10 Å². The molecule has 1 fully saturated rings. The van der Waals surface area contributed by atoms with Crippen molar-refractivity contribution in [3.05, 3.63) is 29.8 Å². The first-order valence-electron chi connectivity index (χ1n) is 6.52. The van der Waals surface area contributed by atoms with Crippen LogP contribution in [0, 0.1) is 0 Å². The summed E-state index contributed by atoms with van der Waals surface area (Å²) in [6.45, 7) is 2.90. The molecule has 0 spiro atoms. The number of hydrogen-bond acceptors (Lipinski definition) is 3. The van der Waals surface area contributed by atoms with Gasteiger partial charge >= 0.3 is 0 Å². The molecule has 3 N–H and O–H groups in total. The SMILES string of the molecule is Nc1ccccc1C(O)CN1CCCCCC1. The molecule has 0 aliphatic carbocycles. The minimum atomic E-state index is -0.464. The highest BCUT2D eigenvalue weighted by atomic mass is 16.3. The molecule has 0 bridgehead atoms. The summed E-state index contributed by atoms with van der Waals surface area (Å²) in [7, 11) is 0. The van der Waals surface area contributed by atoms with Crippen LogP contribution in [0.5, 0.6) is 0 Å². The summed E-state index contributed by atoms with van der Waals surface area (Å²) in [6.07, 6.45) is 4.67. The average Bonchev–Trinajstić information content (AvgIpc) is 2.58. The van der Waals surface area contributed by atoms with Crippen LogP contribution in [0.2, 0.25) is 0 Å². The minimum absolute atomic E-state index is 0.464. The van der Waals surface area contributed by atoms with Crippen molar-refractivity contribution in [2.45, 2.75) is 31.8 Å². The van der Waals surface area contributed by atoms with Gasteiger partial charge in [-0.3, -0.25) is 0 Å². The monoisotopic (exact) mass is 234 g/mol. The van der Waals surface area contributed by atoms with Crippen molar-refractivity contribution < 1.29 is 5.11 Å². The fraction of sp³-hybridized carbons (Fsp3) is 0.571. The first kappa shape index (κ1) is 12.4. The van der Waals surface area contributed by atoms with Crippen LogP contribution in [0.15, 0.2) is 24.3 Å². The number of benzene rings is 1. The molecule has 17 heavy (non-hydrogen) atoms. The summed E-state index contributed by atoms with van der Waals surface area (Å²) in [5.74, 6) is 0. The fourth-order valence-corrected chi connectivity index (χ4v) is 2.48. The van der Waals surface area contributed by atoms with E-state index in [0.717, 1.165) is 18.7 Å². The Balaban J connectivity index is 1.96. The lowest BCUT2D eigenvalue weighted by molar-refractivity contribution is 0.115. The molecule has 1 aliphatic heterocycles. The number of nitrogen functional groups attached to an aromatic ring is 1. The lowest BCUT2D eigenvalue weighted by Gasteiger charge is -2.24. The van der Waals surface area contributed by atoms with E-state index in [1.165, 1.54) is 25.7 Å². The number of nitrogens with two attached hydrogens (primary N) is 1. The van der Waals surface area contributed by atoms with Gasteiger partial charge in [0.1, 0.15) is 0 Å². The molecular weight excluding hydrogens is 212 g/mol. The molecule has 3 heteroatoms. The number of para-hydroxylation sites is 1. The largest absolute Gasteiger partial charge is 0.398 e. The van der Waals surface area contributed by atoms with Crippen LogP contribution in [0.25, 0.3) is 0 Å². The van der Waals surface area contributed by atoms with Crippen molar-refractivity contribution in [2.24, 2.45) is 0 Å². The molecule has 3 nitrogen and oxygen atoms in total. The number of aliphatic hydroxyl groups excluding tert-OH is 1. The van der Waals surface area contributed by atoms with Gasteiger partial charge in [-0.1, -0.05) is 31.0 Å². The van der Waals surface area contributed by atoms with Crippen molar-refractivity contribution in [2.75, 3.05) is 25.4 Å². The standard InChI is InChI=1S/C14H22N2O/c15-13-8-4-3-7-12(13)14(17)11-16-9-5-1-2-6-10-16/h3-4,7-8,14,17H,1-2,5-6,9-11,15H2. The first-order chi connectivity index (χ1) is 8.27. The van der Waals surface area contributed by atoms with Gasteiger partial charge in [0.25, 0.3) is 0 Å². The molecule has 1 saturated heterocycles. The van der Waals surface area contributed by atoms with Crippen molar-refractivity contribution in [1.82, 2.24) is 4.90 Å². The Labute approximate surface area is 103 Å². The maximum Gasteiger partial charge on any atom is 0.0936 e. The van der Waals surface area contributed by atoms with Gasteiger partial charge in [-0.25, -0.2) is 0 Å². The molecule has 1 atom stereocenters. The predicted molar refractivity (Wildman–Crippen MR) is 70.7 cm³/mol. The van der Waals surface area contributed by atoms with E-state index in [0.29, 0.717) is 12.2 Å². The van der Waals surface area contributed by atoms with Crippen LogP contribution in [0.1, 0.15) is 37.4 Å². The molecule has 0 saturated carbocycles. The van der Waals surface area contributed by atoms with E-state index in [2.05, 4.69) is 4.90 Å². The third kappa shape index (κ3) is 3.45. The van der Waals surface area contributed by atoms with Crippen LogP contribution in [-0.4, -0.2) is 29.6 Å². The van der Waals surface area contributed by atoms with Gasteiger partial charge in [0, 0.05) is 17.8 Å². The maximum absolute atomic E-state index is 10.2. The van der Waals surface area contributed by atoms with E-state index in [-0.39, 0.29) is 0 Å². The van der Waals surface area contributed by atoms with Gasteiger partial charge in [-0.2, -0.15) is 0 Å². The number of β-amino-alcohol motifs (C(OH)–C–C–N with tert-alkyl or cyclic N) is 1. The Morgan fingerprint density at radius 2 is 1.76 bits per heavy atom. The minimum Gasteiger partial charge on any atom is -0.398 e. The summed E-state index contributed by atoms with van der Waals surface area (Å²) >= 11 is 0. The van der Waals surface area contributed by atoms with E-state index >= 15 is 0 Å². The zero-order valence-electron chi connectivity index (χ0n) is 10.3. The lowest BCUT2D eigenvalue weighted by atomic mass is 10.1. The third-order valence-electron chi connectivity index (χ3n) is 3.48. The van der Waals surface area contributed by atoms with Gasteiger partial charge in [0.15, 0.2) is 0 Å². The normalized spacial score (nSPS) is 19.8. The smallest absolute Gasteiger partial charge is 0.0936 e. The third-order valence-corrected chi connectivity index (χ3v) is 3.48. The molecule has 94 valence electrons. The lowest BCUT2D eigenvalue weighted by Crippen LogP contribution is -2.29. The fourth-order valence-electron chi connectivity index (χ4n) is 2.48. The quantitative estimate of drug-likeness (QED) is 0.788. The van der Waals surface area contributed by atoms with E-state index in [9.17, 15) is 5.11 Å². The molecule has 1 aromatic carbocycles. The van der Waals surface area contributed by atoms with Gasteiger partial charge in [0.05, 0.1) is 6.10 Å². The number of likely N-dealkylation sites (tertiary alicyclic amines) is 1. The highest BCUT2D eigenvalue weighted by Gasteiger charge is 2.16. The summed E-state index contributed by atoms with van der Waals surface area (Å²) in [6, 6.07) is 7.59. The Bertz CT molecular complexity index is 346. The van der Waals surface area contributed by atoms with Crippen LogP contribution in [-0.2, 0) is 0 Å². The van der Waals surface area contributed by atoms with E-state index in [4.69, 9.17) is 5.73 Å². The van der Waals surface area contributed by atoms with Crippen molar-refractivity contribution in [1.29, 1.82) is 0 Å². The van der Waals surface area contributed by atoms with Crippen molar-refractivity contribution in [3.8, 4) is 0 Å². The number of hydrogen-bond donors (Lipinski definition) is 2. The highest BCUT2D eigenvalue weighted by Crippen LogP contribution is 2.21. The molecule has 1 heterocycles. The molecule has 0 radical (unpaired) electrons. The number of aliphatic hydroxyl groups is 1. The second kappa shape index (κ2) is 6.03. The summed E-state index contributed by atoms with van der Waals surface area (Å²) in [4.78, 5) is 2.35. The molecule has 0 aromatic heterocycles. The number of nitrogens with zero attached hydrogens (tertiary/aromatic N) is 1. The van der Waals surface area contributed by atoms with Crippen LogP contribution >= 0.6 is 0 Å². The van der Waals surface area contributed by atoms with E-state index in [1.54, 1.807) is 0 Å². The first-order valence-corrected chi connectivity index (χ1v) is 6.52. The van der Waals surface area contributed by atoms with E-state index in [1.807, 2.05) is 24.3 Å². The van der Waals surface area contributed by atoms with Gasteiger partial charge in [0.2, 0.25) is 0 Å². The summed E-state index contributed by atoms with van der Waals surface area (Å²) < 4.78 is 0. The molecule has 1 aromatic rings. The predicted octanol–water partition coefficient (Wildman–Crippen LogP) is 2.18. The van der Waals surface area contributed by atoms with Crippen LogP contribution < -0.4 is 5.73 Å². The second-order valence-corrected chi connectivity index (χ2v) is 4.86. The van der Waals surface area contributed by atoms with Crippen molar-refractivity contribution >= 4 is 5.69 Å². The molecule has 1 aliphatic rings. The van der Waals surface area contributed by atoms with Crippen LogP contribution in [0.4, 0.5) is 5.69 Å². The zero-order valence-corrected chi connectivity index (χ0v) is 10.3. The zero-order chi connectivity index (χ0) is 12.1. The molecule has 0 amide bonds. The van der Waals surface area contributed by atoms with Gasteiger partial charge in [-0.15, -0.1) is 0 Å². The molecular formula is C14H22N2O. The topological polar surface area (TPSA) is 49.5 Å². The number of anilines is 1. The molecule has 2 rings (SSSR count). The molecule has 1 unspecified atom stereocenters. The maximum atomic E-state index is 10.2. The number of rotatable bonds is 3. The van der Waals surface area contributed by atoms with Gasteiger partial charge < -0.3 is 15.7 Å². The van der Waals surface area contributed by atoms with Crippen LogP contribution in [0.3, 0.4) is 0 Å². The Morgan fingerprint density at radius 1 is 1.12 bits per heavy atom. The van der Waals surface area contributed by atoms with Crippen molar-refractivity contribution in [3.63, 3.8) is 0 Å². The summed E-state index contributed by atoms with van der Waals surface area (Å²) in [5.41, 5.74) is 7.43. The highest BCUT2D eigenvalue weighted by molar-refractivity contribution is 5.47.